The Hall–Kier alpha value is -2.56. The second-order valence-corrected chi connectivity index (χ2v) is 6.66. The fourth-order valence-electron chi connectivity index (χ4n) is 2.78. The number of hydrogen-bond donors (Lipinski definition) is 2. The van der Waals surface area contributed by atoms with E-state index in [1.807, 2.05) is 49.4 Å². The number of carbonyl (C=O) groups excluding carboxylic acids is 1. The van der Waals surface area contributed by atoms with E-state index in [0.29, 0.717) is 16.9 Å². The summed E-state index contributed by atoms with van der Waals surface area (Å²) in [5.74, 6) is 0.225. The summed E-state index contributed by atoms with van der Waals surface area (Å²) in [4.78, 5) is 13.6. The average molecular weight is 364 g/mol. The molecule has 3 aromatic carbocycles. The van der Waals surface area contributed by atoms with Crippen molar-refractivity contribution in [1.82, 2.24) is 0 Å². The Bertz CT molecular complexity index is 915. The number of aryl methyl sites for hydroxylation is 1. The maximum atomic E-state index is 12.7. The van der Waals surface area contributed by atoms with Gasteiger partial charge < -0.3 is 9.84 Å². The maximum Gasteiger partial charge on any atom is 0.195 e. The molecule has 0 heterocycles. The lowest BCUT2D eigenvalue weighted by Gasteiger charge is -2.14. The highest BCUT2D eigenvalue weighted by Crippen LogP contribution is 2.32. The zero-order chi connectivity index (χ0) is 18.7. The van der Waals surface area contributed by atoms with E-state index in [0.717, 1.165) is 21.6 Å². The van der Waals surface area contributed by atoms with Crippen molar-refractivity contribution >= 4 is 18.4 Å². The van der Waals surface area contributed by atoms with E-state index in [9.17, 15) is 9.90 Å². The molecular formula is C22H20O3S. The lowest BCUT2D eigenvalue weighted by Crippen LogP contribution is -2.12. The quantitative estimate of drug-likeness (QED) is 0.501. The summed E-state index contributed by atoms with van der Waals surface area (Å²) in [5.41, 5.74) is 3.91. The summed E-state index contributed by atoms with van der Waals surface area (Å²) in [5, 5.41) is 10.4. The highest BCUT2D eigenvalue weighted by molar-refractivity contribution is 7.80. The van der Waals surface area contributed by atoms with Crippen LogP contribution in [0.15, 0.2) is 71.6 Å². The summed E-state index contributed by atoms with van der Waals surface area (Å²) < 4.78 is 5.47. The number of benzene rings is 3. The van der Waals surface area contributed by atoms with Crippen LogP contribution in [-0.4, -0.2) is 18.0 Å². The highest BCUT2D eigenvalue weighted by atomic mass is 32.1. The maximum absolute atomic E-state index is 12.7. The zero-order valence-corrected chi connectivity index (χ0v) is 15.5. The molecule has 1 atom stereocenters. The van der Waals surface area contributed by atoms with Gasteiger partial charge in [0.2, 0.25) is 0 Å². The lowest BCUT2D eigenvalue weighted by atomic mass is 9.96. The Morgan fingerprint density at radius 1 is 1.00 bits per heavy atom. The third kappa shape index (κ3) is 3.82. The second-order valence-electron chi connectivity index (χ2n) is 6.14. The Morgan fingerprint density at radius 2 is 1.65 bits per heavy atom. The van der Waals surface area contributed by atoms with E-state index < -0.39 is 6.10 Å². The van der Waals surface area contributed by atoms with Crippen LogP contribution in [0.4, 0.5) is 0 Å². The van der Waals surface area contributed by atoms with Gasteiger partial charge in [-0.2, -0.15) is 0 Å². The van der Waals surface area contributed by atoms with E-state index in [4.69, 9.17) is 4.74 Å². The molecule has 0 bridgehead atoms. The largest absolute Gasteiger partial charge is 0.496 e. The van der Waals surface area contributed by atoms with Gasteiger partial charge in [-0.05, 0) is 42.3 Å². The summed E-state index contributed by atoms with van der Waals surface area (Å²) in [7, 11) is 1.57. The van der Waals surface area contributed by atoms with Gasteiger partial charge in [0.05, 0.1) is 7.11 Å². The predicted molar refractivity (Wildman–Crippen MR) is 106 cm³/mol. The first kappa shape index (κ1) is 18.2. The van der Waals surface area contributed by atoms with Crippen LogP contribution in [0.1, 0.15) is 27.6 Å². The predicted octanol–water partition coefficient (Wildman–Crippen LogP) is 4.88. The minimum absolute atomic E-state index is 0.357. The molecule has 0 fully saturated rings. The van der Waals surface area contributed by atoms with Crippen LogP contribution in [0, 0.1) is 6.92 Å². The number of rotatable bonds is 5. The van der Waals surface area contributed by atoms with Crippen LogP contribution in [0.2, 0.25) is 0 Å². The Kier molecular flexibility index (Phi) is 5.45. The number of ether oxygens (including phenoxy) is 1. The molecule has 0 saturated carbocycles. The van der Waals surface area contributed by atoms with Gasteiger partial charge in [0.15, 0.2) is 5.78 Å². The fraction of sp³-hybridized carbons (Fsp3) is 0.136. The summed E-state index contributed by atoms with van der Waals surface area (Å²) in [6, 6.07) is 20.2. The molecule has 0 amide bonds. The Labute approximate surface area is 158 Å². The van der Waals surface area contributed by atoms with Crippen molar-refractivity contribution in [3.05, 3.63) is 83.4 Å². The third-order valence-electron chi connectivity index (χ3n) is 4.31. The van der Waals surface area contributed by atoms with Gasteiger partial charge in [-0.15, -0.1) is 12.6 Å². The van der Waals surface area contributed by atoms with E-state index in [1.54, 1.807) is 31.4 Å². The number of hydrogen-bond acceptors (Lipinski definition) is 4. The average Bonchev–Trinajstić information content (AvgIpc) is 2.67. The van der Waals surface area contributed by atoms with Gasteiger partial charge in [0, 0.05) is 16.0 Å². The van der Waals surface area contributed by atoms with E-state index >= 15 is 0 Å². The van der Waals surface area contributed by atoms with E-state index in [2.05, 4.69) is 12.6 Å². The molecule has 0 aromatic heterocycles. The lowest BCUT2D eigenvalue weighted by molar-refractivity contribution is 0.0747. The fourth-order valence-corrected chi connectivity index (χ4v) is 2.93. The van der Waals surface area contributed by atoms with Crippen LogP contribution in [-0.2, 0) is 0 Å². The number of thiol groups is 1. The summed E-state index contributed by atoms with van der Waals surface area (Å²) in [6.07, 6.45) is -1.20. The summed E-state index contributed by atoms with van der Waals surface area (Å²) in [6.45, 7) is 1.96. The van der Waals surface area contributed by atoms with Crippen molar-refractivity contribution in [2.45, 2.75) is 17.9 Å². The molecule has 4 heteroatoms. The minimum atomic E-state index is -1.20. The SMILES string of the molecule is COc1cc(C(=O)C(O)c2ccc(C)cc2)ccc1-c1ccc(S)cc1. The number of ketones is 1. The first-order chi connectivity index (χ1) is 12.5. The molecule has 0 aliphatic carbocycles. The minimum Gasteiger partial charge on any atom is -0.496 e. The third-order valence-corrected chi connectivity index (χ3v) is 4.60. The van der Waals surface area contributed by atoms with Crippen LogP contribution >= 0.6 is 12.6 Å². The molecule has 0 radical (unpaired) electrons. The van der Waals surface area contributed by atoms with Crippen molar-refractivity contribution in [2.24, 2.45) is 0 Å². The molecule has 1 N–H and O–H groups in total. The van der Waals surface area contributed by atoms with Crippen LogP contribution in [0.5, 0.6) is 5.75 Å². The van der Waals surface area contributed by atoms with Crippen molar-refractivity contribution in [3.8, 4) is 16.9 Å². The van der Waals surface area contributed by atoms with Crippen molar-refractivity contribution in [1.29, 1.82) is 0 Å². The molecule has 3 rings (SSSR count). The standard InChI is InChI=1S/C22H20O3S/c1-14-3-5-16(6-4-14)21(23)22(24)17-9-12-19(20(13-17)25-2)15-7-10-18(26)11-8-15/h3-13,21,23,26H,1-2H3. The first-order valence-electron chi connectivity index (χ1n) is 8.26. The number of carbonyl (C=O) groups is 1. The number of Topliss-reactive ketones (excluding diaryl/α,β-unsaturated/α-hetero) is 1. The molecule has 3 aromatic rings. The highest BCUT2D eigenvalue weighted by Gasteiger charge is 2.20. The molecule has 132 valence electrons. The van der Waals surface area contributed by atoms with Crippen molar-refractivity contribution in [2.75, 3.05) is 7.11 Å². The number of aliphatic hydroxyl groups is 1. The molecule has 26 heavy (non-hydrogen) atoms. The second kappa shape index (κ2) is 7.77. The Morgan fingerprint density at radius 3 is 2.27 bits per heavy atom. The van der Waals surface area contributed by atoms with Gasteiger partial charge in [-0.3, -0.25) is 4.79 Å². The molecule has 0 aliphatic heterocycles. The van der Waals surface area contributed by atoms with Crippen LogP contribution < -0.4 is 4.74 Å². The van der Waals surface area contributed by atoms with Crippen LogP contribution in [0.25, 0.3) is 11.1 Å². The van der Waals surface area contributed by atoms with Gasteiger partial charge in [-0.25, -0.2) is 0 Å². The summed E-state index contributed by atoms with van der Waals surface area (Å²) >= 11 is 4.30. The molecule has 3 nitrogen and oxygen atoms in total. The topological polar surface area (TPSA) is 46.5 Å². The van der Waals surface area contributed by atoms with Crippen LogP contribution in [0.3, 0.4) is 0 Å². The van der Waals surface area contributed by atoms with E-state index in [1.165, 1.54) is 0 Å². The first-order valence-corrected chi connectivity index (χ1v) is 8.70. The molecule has 0 aliphatic rings. The molecule has 1 unspecified atom stereocenters. The molecule has 0 saturated heterocycles. The van der Waals surface area contributed by atoms with Gasteiger partial charge in [0.1, 0.15) is 11.9 Å². The molecule has 0 spiro atoms. The molecular weight excluding hydrogens is 344 g/mol. The van der Waals surface area contributed by atoms with Gasteiger partial charge in [0.25, 0.3) is 0 Å². The smallest absolute Gasteiger partial charge is 0.195 e. The van der Waals surface area contributed by atoms with Gasteiger partial charge >= 0.3 is 0 Å². The van der Waals surface area contributed by atoms with E-state index in [-0.39, 0.29) is 5.78 Å². The van der Waals surface area contributed by atoms with Gasteiger partial charge in [-0.1, -0.05) is 48.0 Å². The normalized spacial score (nSPS) is 11.8. The Balaban J connectivity index is 1.92. The number of methoxy groups -OCH3 is 1. The number of aliphatic hydroxyl groups excluding tert-OH is 1. The van der Waals surface area contributed by atoms with Crippen molar-refractivity contribution in [3.63, 3.8) is 0 Å². The van der Waals surface area contributed by atoms with Crippen molar-refractivity contribution < 1.29 is 14.6 Å². The zero-order valence-electron chi connectivity index (χ0n) is 14.6. The monoisotopic (exact) mass is 364 g/mol.